The van der Waals surface area contributed by atoms with Crippen LogP contribution < -0.4 is 10.6 Å². The maximum Gasteiger partial charge on any atom is 0.220 e. The highest BCUT2D eigenvalue weighted by Gasteiger charge is 2.34. The summed E-state index contributed by atoms with van der Waals surface area (Å²) < 4.78 is 5.75. The fourth-order valence-electron chi connectivity index (χ4n) is 4.22. The molecule has 2 aromatic rings. The molecule has 4 rings (SSSR count). The van der Waals surface area contributed by atoms with Gasteiger partial charge in [0, 0.05) is 31.5 Å². The van der Waals surface area contributed by atoms with Gasteiger partial charge in [0.1, 0.15) is 5.52 Å². The second-order valence-electron chi connectivity index (χ2n) is 7.31. The molecule has 2 fully saturated rings. The van der Waals surface area contributed by atoms with Gasteiger partial charge in [0.05, 0.1) is 0 Å². The zero-order chi connectivity index (χ0) is 16.5. The number of benzene rings is 1. The largest absolute Gasteiger partial charge is 0.441 e. The van der Waals surface area contributed by atoms with Crippen LogP contribution in [0.15, 0.2) is 22.6 Å². The zero-order valence-electron chi connectivity index (χ0n) is 14.2. The maximum absolute atomic E-state index is 12.2. The van der Waals surface area contributed by atoms with Gasteiger partial charge in [0.2, 0.25) is 5.91 Å². The van der Waals surface area contributed by atoms with Crippen molar-refractivity contribution in [1.82, 2.24) is 15.6 Å². The molecule has 24 heavy (non-hydrogen) atoms. The van der Waals surface area contributed by atoms with Gasteiger partial charge in [-0.2, -0.15) is 0 Å². The number of fused-ring (bicyclic) bond motifs is 3. The first kappa shape index (κ1) is 15.6. The number of hydrogen-bond acceptors (Lipinski definition) is 4. The third-order valence-corrected chi connectivity index (χ3v) is 5.37. The molecule has 0 radical (unpaired) electrons. The Morgan fingerprint density at radius 1 is 1.33 bits per heavy atom. The second kappa shape index (κ2) is 6.55. The summed E-state index contributed by atoms with van der Waals surface area (Å²) in [5.41, 5.74) is 2.86. The summed E-state index contributed by atoms with van der Waals surface area (Å²) >= 11 is 0. The average Bonchev–Trinajstić information content (AvgIpc) is 3.11. The van der Waals surface area contributed by atoms with E-state index in [2.05, 4.69) is 15.6 Å². The zero-order valence-corrected chi connectivity index (χ0v) is 14.2. The van der Waals surface area contributed by atoms with Gasteiger partial charge in [-0.15, -0.1) is 0 Å². The van der Waals surface area contributed by atoms with Crippen molar-refractivity contribution in [3.05, 3.63) is 29.7 Å². The van der Waals surface area contributed by atoms with Gasteiger partial charge in [-0.25, -0.2) is 4.98 Å². The molecule has 0 spiro atoms. The predicted molar refractivity (Wildman–Crippen MR) is 92.7 cm³/mol. The Hall–Kier alpha value is -1.88. The summed E-state index contributed by atoms with van der Waals surface area (Å²) in [6.45, 7) is 2.62. The van der Waals surface area contributed by atoms with Gasteiger partial charge in [-0.1, -0.05) is 12.1 Å². The highest BCUT2D eigenvalue weighted by Crippen LogP contribution is 2.32. The van der Waals surface area contributed by atoms with Crippen LogP contribution in [0.2, 0.25) is 0 Å². The molecular weight excluding hydrogens is 302 g/mol. The minimum absolute atomic E-state index is 0.161. The molecule has 3 heterocycles. The van der Waals surface area contributed by atoms with E-state index in [0.717, 1.165) is 29.5 Å². The van der Waals surface area contributed by atoms with Gasteiger partial charge in [-0.05, 0) is 50.2 Å². The van der Waals surface area contributed by atoms with Crippen molar-refractivity contribution in [2.24, 2.45) is 5.92 Å². The van der Waals surface area contributed by atoms with Crippen molar-refractivity contribution in [3.63, 3.8) is 0 Å². The number of aromatic nitrogens is 1. The van der Waals surface area contributed by atoms with Crippen molar-refractivity contribution in [1.29, 1.82) is 0 Å². The Balaban J connectivity index is 1.26. The molecule has 5 heteroatoms. The first-order valence-electron chi connectivity index (χ1n) is 9.05. The van der Waals surface area contributed by atoms with Gasteiger partial charge < -0.3 is 15.1 Å². The molecule has 2 aliphatic rings. The molecule has 1 aromatic heterocycles. The Morgan fingerprint density at radius 3 is 2.88 bits per heavy atom. The molecule has 2 N–H and O–H groups in total. The topological polar surface area (TPSA) is 67.2 Å². The molecule has 2 saturated heterocycles. The molecule has 2 atom stereocenters. The number of nitrogens with zero attached hydrogens (tertiary/aromatic N) is 1. The van der Waals surface area contributed by atoms with Gasteiger partial charge in [-0.3, -0.25) is 4.79 Å². The summed E-state index contributed by atoms with van der Waals surface area (Å²) in [6, 6.07) is 7.22. The van der Waals surface area contributed by atoms with Crippen LogP contribution in [0.25, 0.3) is 11.1 Å². The third kappa shape index (κ3) is 3.31. The lowest BCUT2D eigenvalue weighted by Gasteiger charge is -2.28. The Kier molecular flexibility index (Phi) is 4.27. The second-order valence-corrected chi connectivity index (χ2v) is 7.31. The predicted octanol–water partition coefficient (Wildman–Crippen LogP) is 2.72. The number of amides is 1. The highest BCUT2D eigenvalue weighted by atomic mass is 16.3. The van der Waals surface area contributed by atoms with E-state index in [1.165, 1.54) is 12.8 Å². The Labute approximate surface area is 142 Å². The van der Waals surface area contributed by atoms with Crippen LogP contribution in [-0.2, 0) is 11.2 Å². The highest BCUT2D eigenvalue weighted by molar-refractivity contribution is 5.77. The van der Waals surface area contributed by atoms with Crippen LogP contribution >= 0.6 is 0 Å². The number of piperidine rings is 1. The number of carbonyl (C=O) groups excluding carboxylic acids is 1. The number of oxazole rings is 1. The van der Waals surface area contributed by atoms with E-state index in [4.69, 9.17) is 4.42 Å². The van der Waals surface area contributed by atoms with Crippen LogP contribution in [-0.4, -0.2) is 29.5 Å². The fourth-order valence-corrected chi connectivity index (χ4v) is 4.22. The van der Waals surface area contributed by atoms with Crippen molar-refractivity contribution < 1.29 is 9.21 Å². The van der Waals surface area contributed by atoms with Gasteiger partial charge in [0.25, 0.3) is 0 Å². The SMILES string of the molecule is Cc1cccc2oc(CCNC(=O)CC3CC4CCC(C3)N4)nc12. The number of hydrogen-bond donors (Lipinski definition) is 2. The van der Waals surface area contributed by atoms with Gasteiger partial charge in [0.15, 0.2) is 11.5 Å². The first-order valence-corrected chi connectivity index (χ1v) is 9.05. The lowest BCUT2D eigenvalue weighted by atomic mass is 9.89. The Morgan fingerprint density at radius 2 is 2.12 bits per heavy atom. The van der Waals surface area contributed by atoms with Crippen LogP contribution in [0, 0.1) is 12.8 Å². The lowest BCUT2D eigenvalue weighted by molar-refractivity contribution is -0.122. The average molecular weight is 327 g/mol. The monoisotopic (exact) mass is 327 g/mol. The number of carbonyl (C=O) groups is 1. The number of para-hydroxylation sites is 1. The van der Waals surface area contributed by atoms with E-state index < -0.39 is 0 Å². The molecule has 0 aliphatic carbocycles. The molecule has 2 unspecified atom stereocenters. The molecule has 128 valence electrons. The van der Waals surface area contributed by atoms with E-state index in [-0.39, 0.29) is 5.91 Å². The summed E-state index contributed by atoms with van der Waals surface area (Å²) in [5.74, 6) is 1.39. The van der Waals surface area contributed by atoms with Crippen LogP contribution in [0.3, 0.4) is 0 Å². The molecule has 2 aliphatic heterocycles. The van der Waals surface area contributed by atoms with Crippen molar-refractivity contribution >= 4 is 17.0 Å². The third-order valence-electron chi connectivity index (χ3n) is 5.37. The normalized spacial score (nSPS) is 26.0. The van der Waals surface area contributed by atoms with Crippen LogP contribution in [0.1, 0.15) is 43.6 Å². The van der Waals surface area contributed by atoms with Gasteiger partial charge >= 0.3 is 0 Å². The Bertz CT molecular complexity index is 727. The minimum Gasteiger partial charge on any atom is -0.441 e. The molecular formula is C19H25N3O2. The quantitative estimate of drug-likeness (QED) is 0.886. The van der Waals surface area contributed by atoms with E-state index in [1.54, 1.807) is 0 Å². The van der Waals surface area contributed by atoms with E-state index in [9.17, 15) is 4.79 Å². The molecule has 2 bridgehead atoms. The summed E-state index contributed by atoms with van der Waals surface area (Å²) in [6.07, 6.45) is 6.14. The first-order chi connectivity index (χ1) is 11.7. The molecule has 5 nitrogen and oxygen atoms in total. The number of nitrogens with one attached hydrogen (secondary N) is 2. The smallest absolute Gasteiger partial charge is 0.220 e. The van der Waals surface area contributed by atoms with E-state index in [1.807, 2.05) is 25.1 Å². The maximum atomic E-state index is 12.2. The summed E-state index contributed by atoms with van der Waals surface area (Å²) in [4.78, 5) is 16.7. The number of rotatable bonds is 5. The van der Waals surface area contributed by atoms with Crippen molar-refractivity contribution in [2.45, 2.75) is 57.5 Å². The van der Waals surface area contributed by atoms with Crippen molar-refractivity contribution in [3.8, 4) is 0 Å². The standard InChI is InChI=1S/C19H25N3O2/c1-12-3-2-4-16-19(12)22-18(24-16)7-8-20-17(23)11-13-9-14-5-6-15(10-13)21-14/h2-4,13-15,21H,5-11H2,1H3,(H,20,23). The van der Waals surface area contributed by atoms with E-state index >= 15 is 0 Å². The minimum atomic E-state index is 0.161. The van der Waals surface area contributed by atoms with Crippen LogP contribution in [0.4, 0.5) is 0 Å². The van der Waals surface area contributed by atoms with Crippen molar-refractivity contribution in [2.75, 3.05) is 6.54 Å². The van der Waals surface area contributed by atoms with E-state index in [0.29, 0.717) is 43.3 Å². The van der Waals surface area contributed by atoms with Crippen LogP contribution in [0.5, 0.6) is 0 Å². The summed E-state index contributed by atoms with van der Waals surface area (Å²) in [7, 11) is 0. The molecule has 1 aromatic carbocycles. The fraction of sp³-hybridized carbons (Fsp3) is 0.579. The molecule has 1 amide bonds. The lowest BCUT2D eigenvalue weighted by Crippen LogP contribution is -2.39. The number of aryl methyl sites for hydroxylation is 1. The summed E-state index contributed by atoms with van der Waals surface area (Å²) in [5, 5.41) is 6.65. The molecule has 0 saturated carbocycles.